The predicted molar refractivity (Wildman–Crippen MR) is 101 cm³/mol. The molecule has 1 aliphatic rings. The molecule has 1 aromatic rings. The Labute approximate surface area is 146 Å². The van der Waals surface area contributed by atoms with Crippen LogP contribution >= 0.6 is 34.4 Å². The summed E-state index contributed by atoms with van der Waals surface area (Å²) in [5.74, 6) is 4.84. The van der Waals surface area contributed by atoms with Gasteiger partial charge in [0.1, 0.15) is 11.6 Å². The molecular formula is C16H26IN3S. The van der Waals surface area contributed by atoms with Crippen molar-refractivity contribution in [3.8, 4) is 0 Å². The largest absolute Gasteiger partial charge is 0.369 e. The molecule has 118 valence electrons. The van der Waals surface area contributed by atoms with Gasteiger partial charge in [0.05, 0.1) is 15.0 Å². The van der Waals surface area contributed by atoms with E-state index in [1.165, 1.54) is 47.1 Å². The Morgan fingerprint density at radius 2 is 1.95 bits per heavy atom. The highest BCUT2D eigenvalue weighted by Crippen LogP contribution is 2.37. The zero-order chi connectivity index (χ0) is 15.1. The molecule has 0 saturated heterocycles. The van der Waals surface area contributed by atoms with Crippen LogP contribution in [0.4, 0.5) is 5.82 Å². The molecule has 21 heavy (non-hydrogen) atoms. The van der Waals surface area contributed by atoms with Crippen LogP contribution in [0.15, 0.2) is 0 Å². The fourth-order valence-electron chi connectivity index (χ4n) is 2.72. The molecule has 0 unspecified atom stereocenters. The zero-order valence-corrected chi connectivity index (χ0v) is 16.1. The normalized spacial score (nSPS) is 15.6. The fraction of sp³-hybridized carbons (Fsp3) is 0.750. The van der Waals surface area contributed by atoms with Crippen molar-refractivity contribution in [3.05, 3.63) is 15.1 Å². The van der Waals surface area contributed by atoms with E-state index in [0.717, 1.165) is 30.4 Å². The maximum Gasteiger partial charge on any atom is 0.143 e. The Bertz CT molecular complexity index is 447. The van der Waals surface area contributed by atoms with Crippen LogP contribution in [0.25, 0.3) is 0 Å². The Balaban J connectivity index is 2.21. The second-order valence-corrected chi connectivity index (χ2v) is 7.83. The van der Waals surface area contributed by atoms with E-state index in [2.05, 4.69) is 41.8 Å². The number of thioether (sulfide) groups is 1. The molecule has 1 heterocycles. The Morgan fingerprint density at radius 3 is 2.62 bits per heavy atom. The van der Waals surface area contributed by atoms with Gasteiger partial charge in [0.2, 0.25) is 0 Å². The van der Waals surface area contributed by atoms with E-state index in [0.29, 0.717) is 5.92 Å². The summed E-state index contributed by atoms with van der Waals surface area (Å²) in [4.78, 5) is 9.68. The van der Waals surface area contributed by atoms with Gasteiger partial charge < -0.3 is 5.32 Å². The summed E-state index contributed by atoms with van der Waals surface area (Å²) in [6.45, 7) is 5.40. The zero-order valence-electron chi connectivity index (χ0n) is 13.1. The third-order valence-corrected chi connectivity index (χ3v) is 6.01. The number of anilines is 1. The van der Waals surface area contributed by atoms with Crippen molar-refractivity contribution in [2.75, 3.05) is 17.6 Å². The van der Waals surface area contributed by atoms with E-state index in [4.69, 9.17) is 9.97 Å². The summed E-state index contributed by atoms with van der Waals surface area (Å²) < 4.78 is 1.25. The van der Waals surface area contributed by atoms with Crippen molar-refractivity contribution in [1.82, 2.24) is 9.97 Å². The highest BCUT2D eigenvalue weighted by atomic mass is 127. The topological polar surface area (TPSA) is 37.8 Å². The first-order valence-corrected chi connectivity index (χ1v) is 10.4. The molecule has 0 bridgehead atoms. The average Bonchev–Trinajstić information content (AvgIpc) is 3.01. The smallest absolute Gasteiger partial charge is 0.143 e. The lowest BCUT2D eigenvalue weighted by atomic mass is 10.0. The summed E-state index contributed by atoms with van der Waals surface area (Å²) in [6.07, 6.45) is 7.62. The minimum absolute atomic E-state index is 0.650. The molecule has 1 saturated carbocycles. The third-order valence-electron chi connectivity index (χ3n) is 3.79. The van der Waals surface area contributed by atoms with Gasteiger partial charge in [-0.25, -0.2) is 9.97 Å². The van der Waals surface area contributed by atoms with Crippen LogP contribution in [0.1, 0.15) is 69.8 Å². The highest BCUT2D eigenvalue weighted by Gasteiger charge is 2.23. The molecule has 3 nitrogen and oxygen atoms in total. The third kappa shape index (κ3) is 4.98. The van der Waals surface area contributed by atoms with E-state index in [-0.39, 0.29) is 0 Å². The second-order valence-electron chi connectivity index (χ2n) is 5.65. The van der Waals surface area contributed by atoms with Crippen LogP contribution in [0.3, 0.4) is 0 Å². The number of hydrogen-bond acceptors (Lipinski definition) is 4. The number of halogens is 1. The number of nitrogens with one attached hydrogen (secondary N) is 1. The van der Waals surface area contributed by atoms with Crippen molar-refractivity contribution in [2.24, 2.45) is 0 Å². The monoisotopic (exact) mass is 419 g/mol. The summed E-state index contributed by atoms with van der Waals surface area (Å²) >= 11 is 4.38. The lowest BCUT2D eigenvalue weighted by Crippen LogP contribution is -2.12. The molecule has 1 aromatic heterocycles. The van der Waals surface area contributed by atoms with Crippen LogP contribution in [0, 0.1) is 3.57 Å². The first-order chi connectivity index (χ1) is 10.3. The van der Waals surface area contributed by atoms with Crippen molar-refractivity contribution in [2.45, 2.75) is 64.0 Å². The summed E-state index contributed by atoms with van der Waals surface area (Å²) in [7, 11) is 0. The van der Waals surface area contributed by atoms with Crippen LogP contribution < -0.4 is 5.32 Å². The minimum atomic E-state index is 0.650. The molecular weight excluding hydrogens is 393 g/mol. The van der Waals surface area contributed by atoms with Gasteiger partial charge in [-0.15, -0.1) is 0 Å². The van der Waals surface area contributed by atoms with Crippen LogP contribution in [0.5, 0.6) is 0 Å². The predicted octanol–water partition coefficient (Wildman–Crippen LogP) is 5.20. The van der Waals surface area contributed by atoms with E-state index < -0.39 is 0 Å². The fourth-order valence-corrected chi connectivity index (χ4v) is 4.33. The summed E-state index contributed by atoms with van der Waals surface area (Å²) in [5.41, 5.74) is 1.30. The van der Waals surface area contributed by atoms with E-state index >= 15 is 0 Å². The van der Waals surface area contributed by atoms with Crippen molar-refractivity contribution in [3.63, 3.8) is 0 Å². The van der Waals surface area contributed by atoms with Gasteiger partial charge in [0, 0.05) is 12.5 Å². The average molecular weight is 419 g/mol. The highest BCUT2D eigenvalue weighted by molar-refractivity contribution is 14.1. The maximum atomic E-state index is 4.92. The number of hydrogen-bond donors (Lipinski definition) is 1. The first-order valence-electron chi connectivity index (χ1n) is 8.14. The van der Waals surface area contributed by atoms with E-state index in [1.54, 1.807) is 0 Å². The molecule has 0 aliphatic heterocycles. The lowest BCUT2D eigenvalue weighted by molar-refractivity contribution is 0.683. The number of aromatic nitrogens is 2. The Morgan fingerprint density at radius 1 is 1.19 bits per heavy atom. The Kier molecular flexibility index (Phi) is 7.57. The molecule has 0 atom stereocenters. The quantitative estimate of drug-likeness (QED) is 0.464. The first kappa shape index (κ1) is 17.3. The van der Waals surface area contributed by atoms with Gasteiger partial charge in [-0.3, -0.25) is 0 Å². The minimum Gasteiger partial charge on any atom is -0.369 e. The molecule has 1 aliphatic carbocycles. The maximum absolute atomic E-state index is 4.92. The van der Waals surface area contributed by atoms with Crippen molar-refractivity contribution < 1.29 is 0 Å². The van der Waals surface area contributed by atoms with Crippen molar-refractivity contribution in [1.29, 1.82) is 0 Å². The van der Waals surface area contributed by atoms with Crippen LogP contribution in [-0.4, -0.2) is 22.3 Å². The van der Waals surface area contributed by atoms with Crippen LogP contribution in [0.2, 0.25) is 0 Å². The van der Waals surface area contributed by atoms with Gasteiger partial charge in [-0.2, -0.15) is 11.8 Å². The molecule has 0 radical (unpaired) electrons. The van der Waals surface area contributed by atoms with Gasteiger partial charge >= 0.3 is 0 Å². The second kappa shape index (κ2) is 9.18. The van der Waals surface area contributed by atoms with Gasteiger partial charge in [-0.1, -0.05) is 26.7 Å². The molecule has 1 fully saturated rings. The molecule has 2 rings (SSSR count). The van der Waals surface area contributed by atoms with Gasteiger partial charge in [0.15, 0.2) is 0 Å². The van der Waals surface area contributed by atoms with Gasteiger partial charge in [0.25, 0.3) is 0 Å². The van der Waals surface area contributed by atoms with E-state index in [9.17, 15) is 0 Å². The standard InChI is InChI=1S/C16H26IN3S/c1-3-9-18-16-14(17)15(12-7-5-6-8-12)19-13(20-16)11-21-10-4-2/h12H,3-11H2,1-2H3,(H,18,19,20). The van der Waals surface area contributed by atoms with Crippen LogP contribution in [-0.2, 0) is 5.75 Å². The molecule has 1 N–H and O–H groups in total. The number of rotatable bonds is 8. The summed E-state index contributed by atoms with van der Waals surface area (Å²) in [6, 6.07) is 0. The molecule has 5 heteroatoms. The van der Waals surface area contributed by atoms with Crippen molar-refractivity contribution >= 4 is 40.2 Å². The van der Waals surface area contributed by atoms with E-state index in [1.807, 2.05) is 11.8 Å². The molecule has 0 aromatic carbocycles. The van der Waals surface area contributed by atoms with Gasteiger partial charge in [-0.05, 0) is 54.0 Å². The molecule has 0 spiro atoms. The lowest BCUT2D eigenvalue weighted by Gasteiger charge is -2.16. The number of nitrogens with zero attached hydrogens (tertiary/aromatic N) is 2. The summed E-state index contributed by atoms with van der Waals surface area (Å²) in [5, 5.41) is 3.49. The SMILES string of the molecule is CCCNc1nc(CSCCC)nc(C2CCCC2)c1I. The Hall–Kier alpha value is -0.0400. The molecule has 0 amide bonds.